The Bertz CT molecular complexity index is 228. The molecule has 0 aromatic heterocycles. The van der Waals surface area contributed by atoms with Crippen molar-refractivity contribution in [3.05, 3.63) is 0 Å². The molecule has 0 unspecified atom stereocenters. The van der Waals surface area contributed by atoms with Crippen LogP contribution in [0.25, 0.3) is 0 Å². The van der Waals surface area contributed by atoms with E-state index in [4.69, 9.17) is 9.47 Å². The number of rotatable bonds is 4. The molecule has 3 rings (SSSR count). The summed E-state index contributed by atoms with van der Waals surface area (Å²) in [5.74, 6) is 1.53. The van der Waals surface area contributed by atoms with Crippen LogP contribution in [-0.2, 0) is 9.47 Å². The quantitative estimate of drug-likeness (QED) is 0.785. The second-order valence-electron chi connectivity index (χ2n) is 5.87. The van der Waals surface area contributed by atoms with Gasteiger partial charge in [-0.1, -0.05) is 12.8 Å². The van der Waals surface area contributed by atoms with Crippen molar-refractivity contribution >= 4 is 0 Å². The van der Waals surface area contributed by atoms with Crippen molar-refractivity contribution in [2.24, 2.45) is 17.3 Å². The van der Waals surface area contributed by atoms with Gasteiger partial charge < -0.3 is 14.8 Å². The van der Waals surface area contributed by atoms with Crippen LogP contribution in [0.15, 0.2) is 0 Å². The lowest BCUT2D eigenvalue weighted by molar-refractivity contribution is 0.0186. The zero-order valence-electron chi connectivity index (χ0n) is 10.0. The molecule has 2 heterocycles. The molecule has 3 heteroatoms. The van der Waals surface area contributed by atoms with Crippen molar-refractivity contribution in [2.45, 2.75) is 25.7 Å². The van der Waals surface area contributed by atoms with Crippen LogP contribution in [0.3, 0.4) is 0 Å². The Morgan fingerprint density at radius 2 is 2.19 bits per heavy atom. The van der Waals surface area contributed by atoms with Crippen molar-refractivity contribution in [2.75, 3.05) is 39.5 Å². The first-order valence-electron chi connectivity index (χ1n) is 6.75. The molecule has 2 saturated heterocycles. The minimum absolute atomic E-state index is 0.304. The molecule has 2 aliphatic heterocycles. The largest absolute Gasteiger partial charge is 0.380 e. The van der Waals surface area contributed by atoms with Gasteiger partial charge in [0.1, 0.15) is 0 Å². The third-order valence-electron chi connectivity index (χ3n) is 4.66. The van der Waals surface area contributed by atoms with Gasteiger partial charge in [-0.2, -0.15) is 0 Å². The van der Waals surface area contributed by atoms with Gasteiger partial charge in [-0.15, -0.1) is 0 Å². The lowest BCUT2D eigenvalue weighted by Crippen LogP contribution is -2.35. The predicted molar refractivity (Wildman–Crippen MR) is 62.4 cm³/mol. The first-order valence-corrected chi connectivity index (χ1v) is 6.75. The molecule has 3 nitrogen and oxygen atoms in total. The second kappa shape index (κ2) is 4.63. The molecule has 0 spiro atoms. The van der Waals surface area contributed by atoms with Gasteiger partial charge in [-0.05, 0) is 18.8 Å². The summed E-state index contributed by atoms with van der Waals surface area (Å²) < 4.78 is 11.6. The third kappa shape index (κ3) is 2.01. The molecule has 1 aliphatic carbocycles. The fraction of sp³-hybridized carbons (Fsp3) is 1.00. The number of hydrogen-bond donors (Lipinski definition) is 1. The van der Waals surface area contributed by atoms with Crippen molar-refractivity contribution in [1.82, 2.24) is 5.32 Å². The Hall–Kier alpha value is -0.120. The zero-order valence-corrected chi connectivity index (χ0v) is 10.0. The standard InChI is InChI=1S/C13H23NO2/c1-2-4-11(3-1)6-15-9-13-8-14-5-12(13)7-16-10-13/h11-12,14H,1-10H2/t12-,13-/m1/s1. The molecule has 0 radical (unpaired) electrons. The van der Waals surface area contributed by atoms with E-state index in [1.165, 1.54) is 25.7 Å². The van der Waals surface area contributed by atoms with E-state index in [0.717, 1.165) is 45.4 Å². The van der Waals surface area contributed by atoms with Crippen molar-refractivity contribution in [3.8, 4) is 0 Å². The number of fused-ring (bicyclic) bond motifs is 1. The predicted octanol–water partition coefficient (Wildman–Crippen LogP) is 1.43. The van der Waals surface area contributed by atoms with Crippen LogP contribution in [0.2, 0.25) is 0 Å². The zero-order chi connectivity index (χ0) is 10.8. The van der Waals surface area contributed by atoms with Crippen molar-refractivity contribution in [1.29, 1.82) is 0 Å². The third-order valence-corrected chi connectivity index (χ3v) is 4.66. The molecule has 3 fully saturated rings. The Labute approximate surface area is 97.9 Å². The minimum atomic E-state index is 0.304. The fourth-order valence-electron chi connectivity index (χ4n) is 3.48. The summed E-state index contributed by atoms with van der Waals surface area (Å²) in [7, 11) is 0. The Kier molecular flexibility index (Phi) is 3.18. The van der Waals surface area contributed by atoms with E-state index >= 15 is 0 Å². The van der Waals surface area contributed by atoms with E-state index in [9.17, 15) is 0 Å². The Balaban J connectivity index is 1.46. The van der Waals surface area contributed by atoms with Gasteiger partial charge in [0.25, 0.3) is 0 Å². The van der Waals surface area contributed by atoms with E-state index in [1.807, 2.05) is 0 Å². The SMILES string of the molecule is C1CCC(COC[C@@]23CNC[C@@H]2COC3)C1. The van der Waals surface area contributed by atoms with E-state index in [0.29, 0.717) is 11.3 Å². The molecule has 92 valence electrons. The van der Waals surface area contributed by atoms with Crippen LogP contribution < -0.4 is 5.32 Å². The van der Waals surface area contributed by atoms with Crippen LogP contribution >= 0.6 is 0 Å². The Morgan fingerprint density at radius 3 is 3.06 bits per heavy atom. The van der Waals surface area contributed by atoms with Gasteiger partial charge in [-0.3, -0.25) is 0 Å². The Morgan fingerprint density at radius 1 is 1.31 bits per heavy atom. The molecule has 0 bridgehead atoms. The molecule has 0 aromatic rings. The number of nitrogens with one attached hydrogen (secondary N) is 1. The van der Waals surface area contributed by atoms with Gasteiger partial charge in [0, 0.05) is 31.0 Å². The first-order chi connectivity index (χ1) is 7.89. The average molecular weight is 225 g/mol. The summed E-state index contributed by atoms with van der Waals surface area (Å²) in [6.07, 6.45) is 5.58. The summed E-state index contributed by atoms with van der Waals surface area (Å²) in [6, 6.07) is 0. The summed E-state index contributed by atoms with van der Waals surface area (Å²) >= 11 is 0. The molecule has 0 aromatic carbocycles. The van der Waals surface area contributed by atoms with E-state index < -0.39 is 0 Å². The van der Waals surface area contributed by atoms with E-state index in [-0.39, 0.29) is 0 Å². The highest BCUT2D eigenvalue weighted by Crippen LogP contribution is 2.38. The smallest absolute Gasteiger partial charge is 0.0560 e. The summed E-state index contributed by atoms with van der Waals surface area (Å²) in [5, 5.41) is 3.48. The lowest BCUT2D eigenvalue weighted by atomic mass is 9.82. The normalized spacial score (nSPS) is 39.4. The number of hydrogen-bond acceptors (Lipinski definition) is 3. The van der Waals surface area contributed by atoms with E-state index in [2.05, 4.69) is 5.32 Å². The highest BCUT2D eigenvalue weighted by Gasteiger charge is 2.47. The minimum Gasteiger partial charge on any atom is -0.380 e. The van der Waals surface area contributed by atoms with E-state index in [1.54, 1.807) is 0 Å². The maximum atomic E-state index is 5.99. The molecule has 3 aliphatic rings. The highest BCUT2D eigenvalue weighted by atomic mass is 16.5. The molecule has 16 heavy (non-hydrogen) atoms. The van der Waals surface area contributed by atoms with Crippen LogP contribution in [-0.4, -0.2) is 39.5 Å². The van der Waals surface area contributed by atoms with Gasteiger partial charge in [0.15, 0.2) is 0 Å². The monoisotopic (exact) mass is 225 g/mol. The molecular weight excluding hydrogens is 202 g/mol. The van der Waals surface area contributed by atoms with Gasteiger partial charge in [0.2, 0.25) is 0 Å². The van der Waals surface area contributed by atoms with Crippen LogP contribution in [0.5, 0.6) is 0 Å². The maximum absolute atomic E-state index is 5.99. The highest BCUT2D eigenvalue weighted by molar-refractivity contribution is 4.98. The van der Waals surface area contributed by atoms with Crippen LogP contribution in [0.4, 0.5) is 0 Å². The molecular formula is C13H23NO2. The summed E-state index contributed by atoms with van der Waals surface area (Å²) in [5.41, 5.74) is 0.304. The average Bonchev–Trinajstić information content (AvgIpc) is 2.91. The van der Waals surface area contributed by atoms with Crippen LogP contribution in [0.1, 0.15) is 25.7 Å². The lowest BCUT2D eigenvalue weighted by Gasteiger charge is -2.26. The topological polar surface area (TPSA) is 30.5 Å². The van der Waals surface area contributed by atoms with Gasteiger partial charge in [0.05, 0.1) is 19.8 Å². The summed E-state index contributed by atoms with van der Waals surface area (Å²) in [6.45, 7) is 5.92. The first kappa shape index (κ1) is 11.0. The van der Waals surface area contributed by atoms with Gasteiger partial charge in [-0.25, -0.2) is 0 Å². The van der Waals surface area contributed by atoms with Crippen LogP contribution in [0, 0.1) is 17.3 Å². The molecule has 1 saturated carbocycles. The van der Waals surface area contributed by atoms with Crippen molar-refractivity contribution < 1.29 is 9.47 Å². The molecule has 2 atom stereocenters. The maximum Gasteiger partial charge on any atom is 0.0560 e. The molecule has 1 N–H and O–H groups in total. The summed E-state index contributed by atoms with van der Waals surface area (Å²) in [4.78, 5) is 0. The fourth-order valence-corrected chi connectivity index (χ4v) is 3.48. The molecule has 0 amide bonds. The number of ether oxygens (including phenoxy) is 2. The van der Waals surface area contributed by atoms with Crippen molar-refractivity contribution in [3.63, 3.8) is 0 Å². The van der Waals surface area contributed by atoms with Gasteiger partial charge >= 0.3 is 0 Å². The second-order valence-corrected chi connectivity index (χ2v) is 5.87.